The van der Waals surface area contributed by atoms with Crippen LogP contribution in [0.2, 0.25) is 0 Å². The normalized spacial score (nSPS) is 13.3. The maximum atomic E-state index is 12.4. The number of hydrogen-bond donors (Lipinski definition) is 2. The lowest BCUT2D eigenvalue weighted by atomic mass is 10.1. The zero-order valence-corrected chi connectivity index (χ0v) is 10.9. The number of amides is 1. The van der Waals surface area contributed by atoms with E-state index in [4.69, 9.17) is 5.11 Å². The molecular formula is C14H13N3O3. The van der Waals surface area contributed by atoms with E-state index in [9.17, 15) is 9.59 Å². The number of rotatable bonds is 2. The molecule has 0 aliphatic carbocycles. The van der Waals surface area contributed by atoms with Gasteiger partial charge in [0, 0.05) is 17.9 Å². The molecule has 0 saturated heterocycles. The summed E-state index contributed by atoms with van der Waals surface area (Å²) in [6, 6.07) is 6.55. The van der Waals surface area contributed by atoms with Crippen LogP contribution < -0.4 is 4.90 Å². The number of carbonyl (C=O) groups is 2. The van der Waals surface area contributed by atoms with E-state index in [1.54, 1.807) is 29.2 Å². The molecule has 0 atom stereocenters. The van der Waals surface area contributed by atoms with E-state index in [0.29, 0.717) is 17.9 Å². The lowest BCUT2D eigenvalue weighted by Gasteiger charge is -2.16. The number of hydrogen-bond acceptors (Lipinski definition) is 3. The molecule has 1 aliphatic heterocycles. The molecule has 0 bridgehead atoms. The minimum absolute atomic E-state index is 0.182. The van der Waals surface area contributed by atoms with E-state index in [0.717, 1.165) is 17.7 Å². The number of aromatic nitrogens is 2. The van der Waals surface area contributed by atoms with Gasteiger partial charge in [0.2, 0.25) is 0 Å². The maximum Gasteiger partial charge on any atom is 0.335 e. The minimum Gasteiger partial charge on any atom is -0.478 e. The van der Waals surface area contributed by atoms with Crippen LogP contribution in [0, 0.1) is 6.92 Å². The summed E-state index contributed by atoms with van der Waals surface area (Å²) in [5.41, 5.74) is 2.98. The number of benzene rings is 1. The van der Waals surface area contributed by atoms with Crippen LogP contribution in [0.3, 0.4) is 0 Å². The molecular weight excluding hydrogens is 258 g/mol. The Morgan fingerprint density at radius 3 is 2.80 bits per heavy atom. The Morgan fingerprint density at radius 2 is 2.15 bits per heavy atom. The van der Waals surface area contributed by atoms with Crippen molar-refractivity contribution in [2.24, 2.45) is 0 Å². The third-order valence-corrected chi connectivity index (χ3v) is 3.40. The first-order valence-electron chi connectivity index (χ1n) is 6.26. The van der Waals surface area contributed by atoms with Crippen molar-refractivity contribution in [1.82, 2.24) is 10.2 Å². The summed E-state index contributed by atoms with van der Waals surface area (Å²) < 4.78 is 0. The van der Waals surface area contributed by atoms with Gasteiger partial charge in [0.05, 0.1) is 5.56 Å². The molecule has 20 heavy (non-hydrogen) atoms. The number of nitrogens with one attached hydrogen (secondary N) is 1. The van der Waals surface area contributed by atoms with Crippen molar-refractivity contribution in [2.45, 2.75) is 13.3 Å². The van der Waals surface area contributed by atoms with E-state index < -0.39 is 5.97 Å². The van der Waals surface area contributed by atoms with Crippen molar-refractivity contribution in [3.63, 3.8) is 0 Å². The molecule has 6 heteroatoms. The van der Waals surface area contributed by atoms with Crippen LogP contribution >= 0.6 is 0 Å². The molecule has 0 saturated carbocycles. The number of anilines is 1. The highest BCUT2D eigenvalue weighted by Crippen LogP contribution is 2.30. The molecule has 1 aromatic carbocycles. The monoisotopic (exact) mass is 271 g/mol. The summed E-state index contributed by atoms with van der Waals surface area (Å²) in [6.45, 7) is 2.37. The molecule has 6 nitrogen and oxygen atoms in total. The molecule has 0 spiro atoms. The van der Waals surface area contributed by atoms with Gasteiger partial charge in [-0.3, -0.25) is 9.89 Å². The predicted molar refractivity (Wildman–Crippen MR) is 72.1 cm³/mol. The van der Waals surface area contributed by atoms with Gasteiger partial charge in [-0.25, -0.2) is 4.79 Å². The summed E-state index contributed by atoms with van der Waals surface area (Å²) in [5, 5.41) is 15.7. The number of carboxylic acid groups (broad SMARTS) is 1. The Morgan fingerprint density at radius 1 is 1.35 bits per heavy atom. The summed E-state index contributed by atoms with van der Waals surface area (Å²) >= 11 is 0. The van der Waals surface area contributed by atoms with Gasteiger partial charge in [-0.1, -0.05) is 6.07 Å². The van der Waals surface area contributed by atoms with Crippen molar-refractivity contribution in [1.29, 1.82) is 0 Å². The van der Waals surface area contributed by atoms with Crippen LogP contribution in [-0.2, 0) is 6.42 Å². The quantitative estimate of drug-likeness (QED) is 0.869. The first kappa shape index (κ1) is 12.4. The third-order valence-electron chi connectivity index (χ3n) is 3.40. The van der Waals surface area contributed by atoms with Crippen LogP contribution in [-0.4, -0.2) is 33.7 Å². The Hall–Kier alpha value is -2.63. The van der Waals surface area contributed by atoms with Gasteiger partial charge in [0.25, 0.3) is 5.91 Å². The van der Waals surface area contributed by atoms with Gasteiger partial charge in [0.1, 0.15) is 0 Å². The Kier molecular flexibility index (Phi) is 2.78. The first-order chi connectivity index (χ1) is 9.56. The van der Waals surface area contributed by atoms with E-state index in [1.807, 2.05) is 6.92 Å². The molecule has 0 radical (unpaired) electrons. The zero-order valence-electron chi connectivity index (χ0n) is 10.9. The molecule has 3 rings (SSSR count). The Balaban J connectivity index is 1.97. The van der Waals surface area contributed by atoms with Crippen molar-refractivity contribution in [2.75, 3.05) is 11.4 Å². The van der Waals surface area contributed by atoms with Crippen molar-refractivity contribution in [3.05, 3.63) is 46.8 Å². The summed E-state index contributed by atoms with van der Waals surface area (Å²) in [4.78, 5) is 25.0. The molecule has 2 N–H and O–H groups in total. The van der Waals surface area contributed by atoms with Gasteiger partial charge < -0.3 is 10.0 Å². The van der Waals surface area contributed by atoms with Gasteiger partial charge in [-0.05, 0) is 37.1 Å². The Bertz CT molecular complexity index is 705. The van der Waals surface area contributed by atoms with Crippen LogP contribution in [0.1, 0.15) is 32.1 Å². The molecule has 0 unspecified atom stereocenters. The highest BCUT2D eigenvalue weighted by Gasteiger charge is 2.27. The fourth-order valence-electron chi connectivity index (χ4n) is 2.39. The average Bonchev–Trinajstić information content (AvgIpc) is 3.03. The SMILES string of the molecule is Cc1cc(C(=O)N2CCc3ccc(C(=O)O)cc32)n[nH]1. The number of aromatic amines is 1. The third kappa shape index (κ3) is 1.95. The fourth-order valence-corrected chi connectivity index (χ4v) is 2.39. The highest BCUT2D eigenvalue weighted by atomic mass is 16.4. The number of carbonyl (C=O) groups excluding carboxylic acids is 1. The van der Waals surface area contributed by atoms with E-state index >= 15 is 0 Å². The summed E-state index contributed by atoms with van der Waals surface area (Å²) in [6.07, 6.45) is 0.727. The largest absolute Gasteiger partial charge is 0.478 e. The number of nitrogens with zero attached hydrogens (tertiary/aromatic N) is 2. The summed E-state index contributed by atoms with van der Waals surface area (Å²) in [5.74, 6) is -1.21. The van der Waals surface area contributed by atoms with Crippen molar-refractivity contribution >= 4 is 17.6 Å². The summed E-state index contributed by atoms with van der Waals surface area (Å²) in [7, 11) is 0. The van der Waals surface area contributed by atoms with Crippen LogP contribution in [0.5, 0.6) is 0 Å². The van der Waals surface area contributed by atoms with Crippen LogP contribution in [0.4, 0.5) is 5.69 Å². The maximum absolute atomic E-state index is 12.4. The molecule has 1 aromatic heterocycles. The molecule has 1 aliphatic rings. The highest BCUT2D eigenvalue weighted by molar-refractivity contribution is 6.06. The molecule has 2 heterocycles. The van der Waals surface area contributed by atoms with Crippen LogP contribution in [0.15, 0.2) is 24.3 Å². The lowest BCUT2D eigenvalue weighted by Crippen LogP contribution is -2.29. The van der Waals surface area contributed by atoms with Gasteiger partial charge in [-0.2, -0.15) is 5.10 Å². The Labute approximate surface area is 115 Å². The molecule has 102 valence electrons. The second-order valence-corrected chi connectivity index (χ2v) is 4.79. The van der Waals surface area contributed by atoms with E-state index in [1.165, 1.54) is 0 Å². The second kappa shape index (κ2) is 4.48. The van der Waals surface area contributed by atoms with Gasteiger partial charge in [0.15, 0.2) is 5.69 Å². The van der Waals surface area contributed by atoms with Crippen molar-refractivity contribution in [3.8, 4) is 0 Å². The smallest absolute Gasteiger partial charge is 0.335 e. The zero-order chi connectivity index (χ0) is 14.3. The predicted octanol–water partition coefficient (Wildman–Crippen LogP) is 1.62. The fraction of sp³-hybridized carbons (Fsp3) is 0.214. The van der Waals surface area contributed by atoms with Gasteiger partial charge >= 0.3 is 5.97 Å². The number of aromatic carboxylic acids is 1. The second-order valence-electron chi connectivity index (χ2n) is 4.79. The van der Waals surface area contributed by atoms with Gasteiger partial charge in [-0.15, -0.1) is 0 Å². The van der Waals surface area contributed by atoms with E-state index in [2.05, 4.69) is 10.2 Å². The topological polar surface area (TPSA) is 86.3 Å². The lowest BCUT2D eigenvalue weighted by molar-refractivity contribution is 0.0696. The standard InChI is InChI=1S/C14H13N3O3/c1-8-6-11(16-15-8)13(18)17-5-4-9-2-3-10(14(19)20)7-12(9)17/h2-3,6-7H,4-5H2,1H3,(H,15,16)(H,19,20). The van der Waals surface area contributed by atoms with E-state index in [-0.39, 0.29) is 11.5 Å². The number of carboxylic acids is 1. The number of H-pyrrole nitrogens is 1. The average molecular weight is 271 g/mol. The number of aryl methyl sites for hydroxylation is 1. The molecule has 1 amide bonds. The van der Waals surface area contributed by atoms with Crippen molar-refractivity contribution < 1.29 is 14.7 Å². The minimum atomic E-state index is -0.997. The van der Waals surface area contributed by atoms with Crippen LogP contribution in [0.25, 0.3) is 0 Å². The number of fused-ring (bicyclic) bond motifs is 1. The molecule has 2 aromatic rings. The first-order valence-corrected chi connectivity index (χ1v) is 6.26. The molecule has 0 fully saturated rings.